The zero-order chi connectivity index (χ0) is 26.9. The fourth-order valence-corrected chi connectivity index (χ4v) is 4.31. The number of nitrogens with one attached hydrogen (secondary N) is 1. The van der Waals surface area contributed by atoms with Crippen molar-refractivity contribution in [2.75, 3.05) is 27.3 Å². The van der Waals surface area contributed by atoms with E-state index in [1.54, 1.807) is 13.1 Å². The zero-order valence-electron chi connectivity index (χ0n) is 19.6. The fraction of sp³-hybridized carbons (Fsp3) is 0.733. The summed E-state index contributed by atoms with van der Waals surface area (Å²) in [5.41, 5.74) is 0.520. The van der Waals surface area contributed by atoms with E-state index in [1.165, 1.54) is 20.5 Å². The summed E-state index contributed by atoms with van der Waals surface area (Å²) in [7, 11) is -12.7. The maximum absolute atomic E-state index is 11.1. The van der Waals surface area contributed by atoms with Crippen molar-refractivity contribution in [3.8, 4) is 0 Å². The van der Waals surface area contributed by atoms with Crippen molar-refractivity contribution in [1.82, 2.24) is 10.2 Å². The molecule has 15 nitrogen and oxygen atoms in total. The molecule has 18 heteroatoms. The highest BCUT2D eigenvalue weighted by atomic mass is 31.3. The van der Waals surface area contributed by atoms with Crippen LogP contribution in [0.4, 0.5) is 0 Å². The van der Waals surface area contributed by atoms with Crippen molar-refractivity contribution in [3.05, 3.63) is 11.8 Å². The van der Waals surface area contributed by atoms with E-state index in [4.69, 9.17) is 19.6 Å². The summed E-state index contributed by atoms with van der Waals surface area (Å²) in [6.45, 7) is 9.71. The van der Waals surface area contributed by atoms with Gasteiger partial charge >= 0.3 is 23.5 Å². The Morgan fingerprint density at radius 3 is 1.91 bits per heavy atom. The topological polar surface area (TPSA) is 218 Å². The van der Waals surface area contributed by atoms with Gasteiger partial charge < -0.3 is 29.2 Å². The maximum Gasteiger partial charge on any atom is 0.490 e. The van der Waals surface area contributed by atoms with Crippen molar-refractivity contribution >= 4 is 35.8 Å². The number of rotatable bonds is 12. The van der Waals surface area contributed by atoms with Gasteiger partial charge in [-0.05, 0) is 20.8 Å². The molecule has 0 aromatic rings. The van der Waals surface area contributed by atoms with Crippen molar-refractivity contribution in [2.24, 2.45) is 0 Å². The van der Waals surface area contributed by atoms with Crippen LogP contribution in [0.25, 0.3) is 0 Å². The van der Waals surface area contributed by atoms with Gasteiger partial charge in [0.1, 0.15) is 0 Å². The van der Waals surface area contributed by atoms with Gasteiger partial charge in [-0.15, -0.1) is 0 Å². The molecule has 0 saturated carbocycles. The molecule has 0 bridgehead atoms. The SMILES string of the molecule is CCC.CCN(C)/C=C(/C)C(=O)NC=O.COC(C)COP(=O)(O)OP(=O)(O)OP(=O)(O)O. The standard InChI is InChI=1S/C8H14N2O2.C4H13O11P3.C3H8/c1-4-10(3)5-7(2)8(12)9-6-11;1-4(12-2)3-13-17(8,9)15-18(10,11)14-16(5,6)7;1-3-2/h5-6H,4H2,1-3H3,(H,9,11,12);4H,3H2,1-2H3,(H,8,9)(H,10,11)(H2,5,6,7);3H2,1-2H3/b7-5-;;. The molecule has 0 rings (SSSR count). The number of hydrogen-bond acceptors (Lipinski definition) is 10. The van der Waals surface area contributed by atoms with Gasteiger partial charge in [0.15, 0.2) is 0 Å². The number of amides is 2. The van der Waals surface area contributed by atoms with Gasteiger partial charge in [-0.1, -0.05) is 20.3 Å². The second kappa shape index (κ2) is 18.4. The van der Waals surface area contributed by atoms with Crippen LogP contribution in [0.2, 0.25) is 0 Å². The molecule has 0 fully saturated rings. The Hall–Kier alpha value is -0.950. The molecule has 0 radical (unpaired) electrons. The van der Waals surface area contributed by atoms with Gasteiger partial charge in [0, 0.05) is 32.5 Å². The quantitative estimate of drug-likeness (QED) is 0.135. The first kappa shape index (κ1) is 36.6. The van der Waals surface area contributed by atoms with Crippen LogP contribution < -0.4 is 5.32 Å². The summed E-state index contributed by atoms with van der Waals surface area (Å²) in [6.07, 6.45) is 2.71. The monoisotopic (exact) mass is 544 g/mol. The minimum Gasteiger partial charge on any atom is -0.380 e. The summed E-state index contributed by atoms with van der Waals surface area (Å²) in [4.78, 5) is 57.0. The van der Waals surface area contributed by atoms with Gasteiger partial charge in [-0.2, -0.15) is 8.62 Å². The van der Waals surface area contributed by atoms with Crippen LogP contribution in [0.15, 0.2) is 11.8 Å². The van der Waals surface area contributed by atoms with Crippen LogP contribution >= 0.6 is 23.5 Å². The molecule has 5 N–H and O–H groups in total. The molecule has 0 aliphatic carbocycles. The van der Waals surface area contributed by atoms with Crippen LogP contribution in [0.3, 0.4) is 0 Å². The Bertz CT molecular complexity index is 741. The third-order valence-electron chi connectivity index (χ3n) is 2.75. The average molecular weight is 544 g/mol. The number of phosphoric acid groups is 3. The highest BCUT2D eigenvalue weighted by Gasteiger charge is 2.40. The zero-order valence-corrected chi connectivity index (χ0v) is 22.3. The van der Waals surface area contributed by atoms with Gasteiger partial charge in [-0.3, -0.25) is 19.4 Å². The summed E-state index contributed by atoms with van der Waals surface area (Å²) in [5.74, 6) is -0.356. The minimum absolute atomic E-state index is 0.356. The molecule has 3 atom stereocenters. The lowest BCUT2D eigenvalue weighted by molar-refractivity contribution is -0.122. The normalized spacial score (nSPS) is 15.9. The lowest BCUT2D eigenvalue weighted by atomic mass is 10.3. The van der Waals surface area contributed by atoms with Gasteiger partial charge in [-0.25, -0.2) is 13.7 Å². The van der Waals surface area contributed by atoms with E-state index in [9.17, 15) is 23.3 Å². The van der Waals surface area contributed by atoms with Crippen LogP contribution in [0.5, 0.6) is 0 Å². The molecular weight excluding hydrogens is 509 g/mol. The number of carbonyl (C=O) groups is 2. The van der Waals surface area contributed by atoms with Crippen LogP contribution in [0.1, 0.15) is 41.0 Å². The molecule has 33 heavy (non-hydrogen) atoms. The van der Waals surface area contributed by atoms with E-state index in [0.29, 0.717) is 12.0 Å². The van der Waals surface area contributed by atoms with Crippen molar-refractivity contribution < 1.29 is 60.7 Å². The predicted octanol–water partition coefficient (Wildman–Crippen LogP) is 1.90. The molecule has 0 aromatic carbocycles. The Labute approximate surface area is 193 Å². The summed E-state index contributed by atoms with van der Waals surface area (Å²) in [6, 6.07) is 0. The van der Waals surface area contributed by atoms with Gasteiger partial charge in [0.25, 0.3) is 5.91 Å². The average Bonchev–Trinajstić information content (AvgIpc) is 2.64. The van der Waals surface area contributed by atoms with Crippen molar-refractivity contribution in [1.29, 1.82) is 0 Å². The van der Waals surface area contributed by atoms with E-state index in [1.807, 2.05) is 18.9 Å². The van der Waals surface area contributed by atoms with E-state index in [-0.39, 0.29) is 5.91 Å². The molecular formula is C15H35N2O13P3. The maximum atomic E-state index is 11.1. The number of nitrogens with zero attached hydrogens (tertiary/aromatic N) is 1. The Balaban J connectivity index is -0.000000517. The fourth-order valence-electron chi connectivity index (χ4n) is 1.22. The Kier molecular flexibility index (Phi) is 20.4. The highest BCUT2D eigenvalue weighted by Crippen LogP contribution is 2.66. The minimum atomic E-state index is -5.45. The van der Waals surface area contributed by atoms with E-state index in [2.05, 4.69) is 37.0 Å². The molecule has 198 valence electrons. The second-order valence-corrected chi connectivity index (χ2v) is 10.5. The second-order valence-electron chi connectivity index (χ2n) is 6.12. The molecule has 0 aliphatic rings. The Morgan fingerprint density at radius 1 is 1.06 bits per heavy atom. The summed E-state index contributed by atoms with van der Waals surface area (Å²) in [5, 5.41) is 2.06. The Morgan fingerprint density at radius 2 is 1.55 bits per heavy atom. The van der Waals surface area contributed by atoms with Gasteiger partial charge in [0.05, 0.1) is 12.7 Å². The van der Waals surface area contributed by atoms with Crippen LogP contribution in [0, 0.1) is 0 Å². The van der Waals surface area contributed by atoms with Gasteiger partial charge in [0.2, 0.25) is 6.41 Å². The van der Waals surface area contributed by atoms with Crippen LogP contribution in [-0.2, 0) is 41.2 Å². The number of ether oxygens (including phenoxy) is 1. The third-order valence-corrected chi connectivity index (χ3v) is 6.55. The van der Waals surface area contributed by atoms with Crippen molar-refractivity contribution in [2.45, 2.75) is 47.1 Å². The number of methoxy groups -OCH3 is 1. The molecule has 0 aromatic heterocycles. The molecule has 0 spiro atoms. The molecule has 2 amide bonds. The summed E-state index contributed by atoms with van der Waals surface area (Å²) < 4.78 is 48.2. The van der Waals surface area contributed by atoms with Crippen molar-refractivity contribution in [3.63, 3.8) is 0 Å². The molecule has 3 unspecified atom stereocenters. The number of carbonyl (C=O) groups excluding carboxylic acids is 2. The third kappa shape index (κ3) is 25.5. The predicted molar refractivity (Wildman–Crippen MR) is 119 cm³/mol. The first-order chi connectivity index (χ1) is 14.9. The molecule has 0 aliphatic heterocycles. The van der Waals surface area contributed by atoms with E-state index in [0.717, 1.165) is 6.54 Å². The van der Waals surface area contributed by atoms with E-state index >= 15 is 0 Å². The number of imide groups is 1. The first-order valence-corrected chi connectivity index (χ1v) is 13.9. The van der Waals surface area contributed by atoms with Crippen LogP contribution in [-0.4, -0.2) is 70.2 Å². The number of phosphoric ester groups is 1. The first-order valence-electron chi connectivity index (χ1n) is 9.34. The largest absolute Gasteiger partial charge is 0.490 e. The molecule has 0 saturated heterocycles. The number of hydrogen-bond donors (Lipinski definition) is 5. The smallest absolute Gasteiger partial charge is 0.380 e. The molecule has 0 heterocycles. The lowest BCUT2D eigenvalue weighted by Crippen LogP contribution is -2.23. The lowest BCUT2D eigenvalue weighted by Gasteiger charge is -2.17. The highest BCUT2D eigenvalue weighted by molar-refractivity contribution is 7.66. The van der Waals surface area contributed by atoms with E-state index < -0.39 is 36.2 Å². The summed E-state index contributed by atoms with van der Waals surface area (Å²) >= 11 is 0.